The second kappa shape index (κ2) is 7.20. The predicted octanol–water partition coefficient (Wildman–Crippen LogP) is -0.300. The molecule has 24 heavy (non-hydrogen) atoms. The lowest BCUT2D eigenvalue weighted by Gasteiger charge is -2.35. The molecule has 0 atom stereocenters. The molecule has 0 saturated carbocycles. The van der Waals surface area contributed by atoms with E-state index in [0.29, 0.717) is 26.2 Å². The standard InChI is InChI=1S/C15H26N6O2S/c1-3-18-6-8-19(9-7-18)14-4-5-15(17-16-14)20-10-12-21(13-11-20)24(2,22)23/h4-5H,3,6-13H2,1-2H3. The van der Waals surface area contributed by atoms with Gasteiger partial charge in [0.25, 0.3) is 0 Å². The highest BCUT2D eigenvalue weighted by Crippen LogP contribution is 2.18. The lowest BCUT2D eigenvalue weighted by atomic mass is 10.3. The first-order valence-electron chi connectivity index (χ1n) is 8.48. The molecular weight excluding hydrogens is 328 g/mol. The van der Waals surface area contributed by atoms with Gasteiger partial charge in [-0.25, -0.2) is 8.42 Å². The lowest BCUT2D eigenvalue weighted by Crippen LogP contribution is -2.48. The minimum Gasteiger partial charge on any atom is -0.353 e. The number of rotatable bonds is 4. The maximum Gasteiger partial charge on any atom is 0.211 e. The fourth-order valence-corrected chi connectivity index (χ4v) is 4.02. The van der Waals surface area contributed by atoms with Crippen LogP contribution in [0.1, 0.15) is 6.92 Å². The Balaban J connectivity index is 1.58. The maximum absolute atomic E-state index is 11.6. The van der Waals surface area contributed by atoms with E-state index < -0.39 is 10.0 Å². The van der Waals surface area contributed by atoms with Gasteiger partial charge in [-0.05, 0) is 18.7 Å². The van der Waals surface area contributed by atoms with Crippen LogP contribution in [0.15, 0.2) is 12.1 Å². The van der Waals surface area contributed by atoms with Crippen molar-refractivity contribution in [2.75, 3.05) is 75.0 Å². The Hall–Kier alpha value is -1.45. The summed E-state index contributed by atoms with van der Waals surface area (Å²) in [6.45, 7) is 9.67. The van der Waals surface area contributed by atoms with Crippen LogP contribution in [-0.2, 0) is 10.0 Å². The van der Waals surface area contributed by atoms with Gasteiger partial charge in [-0.3, -0.25) is 0 Å². The topological polar surface area (TPSA) is 72.9 Å². The predicted molar refractivity (Wildman–Crippen MR) is 95.0 cm³/mol. The Morgan fingerprint density at radius 1 is 0.875 bits per heavy atom. The molecular formula is C15H26N6O2S. The Bertz CT molecular complexity index is 634. The third-order valence-corrected chi connectivity index (χ3v) is 6.11. The SMILES string of the molecule is CCN1CCN(c2ccc(N3CCN(S(C)(=O)=O)CC3)nn2)CC1. The van der Waals surface area contributed by atoms with Crippen molar-refractivity contribution in [1.82, 2.24) is 19.4 Å². The first kappa shape index (κ1) is 17.4. The Kier molecular flexibility index (Phi) is 5.21. The van der Waals surface area contributed by atoms with Gasteiger partial charge < -0.3 is 14.7 Å². The van der Waals surface area contributed by atoms with E-state index in [2.05, 4.69) is 31.8 Å². The lowest BCUT2D eigenvalue weighted by molar-refractivity contribution is 0.270. The molecule has 0 spiro atoms. The number of aromatic nitrogens is 2. The van der Waals surface area contributed by atoms with Crippen LogP contribution < -0.4 is 9.80 Å². The van der Waals surface area contributed by atoms with Crippen LogP contribution in [0, 0.1) is 0 Å². The Morgan fingerprint density at radius 3 is 1.71 bits per heavy atom. The van der Waals surface area contributed by atoms with Crippen LogP contribution in [0.25, 0.3) is 0 Å². The van der Waals surface area contributed by atoms with Gasteiger partial charge in [0.15, 0.2) is 11.6 Å². The van der Waals surface area contributed by atoms with Crippen molar-refractivity contribution in [1.29, 1.82) is 0 Å². The number of hydrogen-bond acceptors (Lipinski definition) is 7. The molecule has 0 unspecified atom stereocenters. The van der Waals surface area contributed by atoms with E-state index in [9.17, 15) is 8.42 Å². The van der Waals surface area contributed by atoms with Crippen LogP contribution in [0.2, 0.25) is 0 Å². The minimum atomic E-state index is -3.10. The fraction of sp³-hybridized carbons (Fsp3) is 0.733. The highest BCUT2D eigenvalue weighted by Gasteiger charge is 2.24. The molecule has 2 saturated heterocycles. The van der Waals surface area contributed by atoms with E-state index in [0.717, 1.165) is 44.4 Å². The Labute approximate surface area is 144 Å². The van der Waals surface area contributed by atoms with E-state index in [1.807, 2.05) is 12.1 Å². The third kappa shape index (κ3) is 3.96. The molecule has 0 radical (unpaired) electrons. The molecule has 2 fully saturated rings. The molecule has 3 heterocycles. The van der Waals surface area contributed by atoms with Crippen molar-refractivity contribution >= 4 is 21.7 Å². The van der Waals surface area contributed by atoms with Gasteiger partial charge in [0.1, 0.15) is 0 Å². The second-order valence-electron chi connectivity index (χ2n) is 6.32. The highest BCUT2D eigenvalue weighted by molar-refractivity contribution is 7.88. The summed E-state index contributed by atoms with van der Waals surface area (Å²) >= 11 is 0. The van der Waals surface area contributed by atoms with Gasteiger partial charge in [-0.2, -0.15) is 4.31 Å². The van der Waals surface area contributed by atoms with Crippen molar-refractivity contribution in [3.05, 3.63) is 12.1 Å². The summed E-state index contributed by atoms with van der Waals surface area (Å²) in [4.78, 5) is 6.79. The average molecular weight is 354 g/mol. The summed E-state index contributed by atoms with van der Waals surface area (Å²) in [6.07, 6.45) is 1.26. The van der Waals surface area contributed by atoms with Crippen LogP contribution in [-0.4, -0.2) is 93.0 Å². The van der Waals surface area contributed by atoms with E-state index in [1.165, 1.54) is 10.6 Å². The monoisotopic (exact) mass is 354 g/mol. The van der Waals surface area contributed by atoms with Gasteiger partial charge in [-0.15, -0.1) is 10.2 Å². The second-order valence-corrected chi connectivity index (χ2v) is 8.30. The number of likely N-dealkylation sites (N-methyl/N-ethyl adjacent to an activating group) is 1. The summed E-state index contributed by atoms with van der Waals surface area (Å²) in [5, 5.41) is 8.74. The molecule has 8 nitrogen and oxygen atoms in total. The molecule has 1 aromatic rings. The first-order valence-corrected chi connectivity index (χ1v) is 10.3. The van der Waals surface area contributed by atoms with E-state index in [1.54, 1.807) is 0 Å². The number of hydrogen-bond donors (Lipinski definition) is 0. The van der Waals surface area contributed by atoms with Crippen LogP contribution in [0.4, 0.5) is 11.6 Å². The number of anilines is 2. The number of piperazine rings is 2. The van der Waals surface area contributed by atoms with Crippen molar-refractivity contribution in [2.24, 2.45) is 0 Å². The molecule has 9 heteroatoms. The van der Waals surface area contributed by atoms with Gasteiger partial charge in [0.2, 0.25) is 10.0 Å². The highest BCUT2D eigenvalue weighted by atomic mass is 32.2. The minimum absolute atomic E-state index is 0.501. The molecule has 0 amide bonds. The van der Waals surface area contributed by atoms with Crippen LogP contribution >= 0.6 is 0 Å². The summed E-state index contributed by atoms with van der Waals surface area (Å²) in [6, 6.07) is 4.01. The maximum atomic E-state index is 11.6. The van der Waals surface area contributed by atoms with Crippen molar-refractivity contribution in [2.45, 2.75) is 6.92 Å². The van der Waals surface area contributed by atoms with Gasteiger partial charge >= 0.3 is 0 Å². The molecule has 2 aliphatic rings. The summed E-state index contributed by atoms with van der Waals surface area (Å²) in [5.41, 5.74) is 0. The molecule has 134 valence electrons. The van der Waals surface area contributed by atoms with E-state index >= 15 is 0 Å². The molecule has 0 aromatic carbocycles. The quantitative estimate of drug-likeness (QED) is 0.735. The fourth-order valence-electron chi connectivity index (χ4n) is 3.20. The van der Waals surface area contributed by atoms with Gasteiger partial charge in [0, 0.05) is 52.4 Å². The van der Waals surface area contributed by atoms with Crippen molar-refractivity contribution in [3.63, 3.8) is 0 Å². The number of sulfonamides is 1. The number of nitrogens with zero attached hydrogens (tertiary/aromatic N) is 6. The van der Waals surface area contributed by atoms with E-state index in [-0.39, 0.29) is 0 Å². The molecule has 0 bridgehead atoms. The van der Waals surface area contributed by atoms with Crippen molar-refractivity contribution < 1.29 is 8.42 Å². The Morgan fingerprint density at radius 2 is 1.33 bits per heavy atom. The molecule has 1 aromatic heterocycles. The van der Waals surface area contributed by atoms with Gasteiger partial charge in [0.05, 0.1) is 6.26 Å². The average Bonchev–Trinajstić information content (AvgIpc) is 2.61. The molecule has 0 N–H and O–H groups in total. The summed E-state index contributed by atoms with van der Waals surface area (Å²) in [7, 11) is -3.10. The van der Waals surface area contributed by atoms with Crippen molar-refractivity contribution in [3.8, 4) is 0 Å². The molecule has 0 aliphatic carbocycles. The zero-order valence-electron chi connectivity index (χ0n) is 14.4. The normalized spacial score (nSPS) is 21.2. The summed E-state index contributed by atoms with van der Waals surface area (Å²) in [5.74, 6) is 1.74. The first-order chi connectivity index (χ1) is 11.5. The van der Waals surface area contributed by atoms with E-state index in [4.69, 9.17) is 0 Å². The van der Waals surface area contributed by atoms with Crippen LogP contribution in [0.5, 0.6) is 0 Å². The zero-order chi connectivity index (χ0) is 17.2. The smallest absolute Gasteiger partial charge is 0.211 e. The molecule has 2 aliphatic heterocycles. The van der Waals surface area contributed by atoms with Crippen LogP contribution in [0.3, 0.4) is 0 Å². The van der Waals surface area contributed by atoms with Gasteiger partial charge in [-0.1, -0.05) is 6.92 Å². The largest absolute Gasteiger partial charge is 0.353 e. The zero-order valence-corrected chi connectivity index (χ0v) is 15.2. The third-order valence-electron chi connectivity index (χ3n) is 4.81. The molecule has 3 rings (SSSR count). The summed E-state index contributed by atoms with van der Waals surface area (Å²) < 4.78 is 24.6.